The maximum Gasteiger partial charge on any atom is 0.148 e. The lowest BCUT2D eigenvalue weighted by Crippen LogP contribution is -2.50. The zero-order valence-electron chi connectivity index (χ0n) is 11.5. The van der Waals surface area contributed by atoms with E-state index in [9.17, 15) is 5.11 Å². The van der Waals surface area contributed by atoms with Crippen molar-refractivity contribution in [2.45, 2.75) is 19.1 Å². The van der Waals surface area contributed by atoms with Crippen LogP contribution in [-0.2, 0) is 4.74 Å². The first kappa shape index (κ1) is 14.8. The van der Waals surface area contributed by atoms with Gasteiger partial charge in [0.05, 0.1) is 52.6 Å². The van der Waals surface area contributed by atoms with Gasteiger partial charge in [0.15, 0.2) is 0 Å². The molecular weight excluding hydrogens is 313 g/mol. The summed E-state index contributed by atoms with van der Waals surface area (Å²) in [4.78, 5) is 11.1. The van der Waals surface area contributed by atoms with Crippen LogP contribution < -0.4 is 4.90 Å². The molecule has 0 bridgehead atoms. The van der Waals surface area contributed by atoms with Crippen molar-refractivity contribution in [3.8, 4) is 0 Å². The number of aliphatic hydroxyl groups is 1. The molecule has 0 unspecified atom stereocenters. The van der Waals surface area contributed by atoms with E-state index in [0.717, 1.165) is 5.82 Å². The highest BCUT2D eigenvalue weighted by Crippen LogP contribution is 2.28. The molecule has 0 radical (unpaired) electrons. The van der Waals surface area contributed by atoms with Gasteiger partial charge in [-0.05, 0) is 19.1 Å². The fourth-order valence-corrected chi connectivity index (χ4v) is 2.70. The molecule has 0 saturated carbocycles. The quantitative estimate of drug-likeness (QED) is 0.918. The number of hydrogen-bond acceptors (Lipinski definition) is 5. The van der Waals surface area contributed by atoms with Crippen LogP contribution in [0.5, 0.6) is 0 Å². The van der Waals surface area contributed by atoms with Crippen LogP contribution in [0.1, 0.15) is 6.92 Å². The number of fused-ring (bicyclic) bond motifs is 1. The highest BCUT2D eigenvalue weighted by atomic mass is 35.5. The molecular formula is C14H15Cl2N3O2. The lowest BCUT2D eigenvalue weighted by atomic mass is 10.2. The Bertz CT molecular complexity index is 668. The normalized spacial score (nSPS) is 22.8. The fraction of sp³-hybridized carbons (Fsp3) is 0.429. The number of hydrogen-bond donors (Lipinski definition) is 1. The molecule has 1 aromatic heterocycles. The molecule has 0 aliphatic carbocycles. The van der Waals surface area contributed by atoms with E-state index < -0.39 is 0 Å². The SMILES string of the molecule is C[C@H]1CO[C@H](CO)CN1c1cnc2cc(Cl)c(Cl)cc2n1. The van der Waals surface area contributed by atoms with E-state index in [1.807, 2.05) is 6.92 Å². The second-order valence-electron chi connectivity index (χ2n) is 5.12. The van der Waals surface area contributed by atoms with Crippen LogP contribution in [0, 0.1) is 0 Å². The first-order valence-corrected chi connectivity index (χ1v) is 7.45. The standard InChI is InChI=1S/C14H15Cl2N3O2/c1-8-7-21-9(6-20)5-19(8)14-4-17-12-2-10(15)11(16)3-13(12)18-14/h2-4,8-9,20H,5-7H2,1H3/t8-,9-/m0/s1. The summed E-state index contributed by atoms with van der Waals surface area (Å²) in [5.41, 5.74) is 1.40. The first-order chi connectivity index (χ1) is 10.1. The summed E-state index contributed by atoms with van der Waals surface area (Å²) in [5, 5.41) is 10.2. The number of halogens is 2. The van der Waals surface area contributed by atoms with Gasteiger partial charge < -0.3 is 14.7 Å². The van der Waals surface area contributed by atoms with Crippen molar-refractivity contribution < 1.29 is 9.84 Å². The molecule has 1 aromatic carbocycles. The Morgan fingerprint density at radius 3 is 2.76 bits per heavy atom. The molecule has 112 valence electrons. The molecule has 21 heavy (non-hydrogen) atoms. The lowest BCUT2D eigenvalue weighted by molar-refractivity contribution is -0.0105. The van der Waals surface area contributed by atoms with Crippen LogP contribution in [0.4, 0.5) is 5.82 Å². The summed E-state index contributed by atoms with van der Waals surface area (Å²) < 4.78 is 5.54. The summed E-state index contributed by atoms with van der Waals surface area (Å²) in [6.07, 6.45) is 1.51. The smallest absolute Gasteiger partial charge is 0.148 e. The van der Waals surface area contributed by atoms with Crippen LogP contribution in [0.25, 0.3) is 11.0 Å². The Hall–Kier alpha value is -1.14. The average Bonchev–Trinajstić information content (AvgIpc) is 2.48. The molecule has 1 N–H and O–H groups in total. The van der Waals surface area contributed by atoms with Gasteiger partial charge in [-0.3, -0.25) is 4.98 Å². The van der Waals surface area contributed by atoms with Gasteiger partial charge in [0.2, 0.25) is 0 Å². The van der Waals surface area contributed by atoms with Crippen molar-refractivity contribution in [3.63, 3.8) is 0 Å². The number of anilines is 1. The monoisotopic (exact) mass is 327 g/mol. The average molecular weight is 328 g/mol. The maximum absolute atomic E-state index is 9.26. The van der Waals surface area contributed by atoms with Crippen LogP contribution in [0.3, 0.4) is 0 Å². The van der Waals surface area contributed by atoms with Crippen molar-refractivity contribution in [2.75, 3.05) is 24.7 Å². The lowest BCUT2D eigenvalue weighted by Gasteiger charge is -2.38. The molecule has 2 heterocycles. The van der Waals surface area contributed by atoms with Crippen LogP contribution in [0.15, 0.2) is 18.3 Å². The zero-order valence-corrected chi connectivity index (χ0v) is 13.0. The van der Waals surface area contributed by atoms with E-state index in [4.69, 9.17) is 27.9 Å². The summed E-state index contributed by atoms with van der Waals surface area (Å²) in [7, 11) is 0. The third kappa shape index (κ3) is 2.92. The highest BCUT2D eigenvalue weighted by Gasteiger charge is 2.27. The maximum atomic E-state index is 9.26. The third-order valence-corrected chi connectivity index (χ3v) is 4.30. The minimum atomic E-state index is -0.201. The number of rotatable bonds is 2. The molecule has 1 fully saturated rings. The van der Waals surface area contributed by atoms with Crippen LogP contribution in [-0.4, -0.2) is 47.0 Å². The second-order valence-corrected chi connectivity index (χ2v) is 5.94. The molecule has 2 atom stereocenters. The van der Waals surface area contributed by atoms with Gasteiger partial charge in [0.25, 0.3) is 0 Å². The summed E-state index contributed by atoms with van der Waals surface area (Å²) in [6, 6.07) is 3.59. The number of aromatic nitrogens is 2. The minimum absolute atomic E-state index is 0.00827. The van der Waals surface area contributed by atoms with Gasteiger partial charge >= 0.3 is 0 Å². The Morgan fingerprint density at radius 2 is 2.05 bits per heavy atom. The van der Waals surface area contributed by atoms with Crippen molar-refractivity contribution in [3.05, 3.63) is 28.4 Å². The van der Waals surface area contributed by atoms with Gasteiger partial charge in [-0.2, -0.15) is 0 Å². The molecule has 1 aliphatic heterocycles. The fourth-order valence-electron chi connectivity index (χ4n) is 2.38. The van der Waals surface area contributed by atoms with E-state index in [1.165, 1.54) is 0 Å². The van der Waals surface area contributed by atoms with Crippen molar-refractivity contribution >= 4 is 40.1 Å². The predicted octanol–water partition coefficient (Wildman–Crippen LogP) is 2.52. The second kappa shape index (κ2) is 5.93. The van der Waals surface area contributed by atoms with E-state index in [2.05, 4.69) is 14.9 Å². The molecule has 2 aromatic rings. The Morgan fingerprint density at radius 1 is 1.33 bits per heavy atom. The summed E-state index contributed by atoms with van der Waals surface area (Å²) >= 11 is 12.0. The molecule has 1 aliphatic rings. The zero-order chi connectivity index (χ0) is 15.0. The highest BCUT2D eigenvalue weighted by molar-refractivity contribution is 6.42. The molecule has 1 saturated heterocycles. The van der Waals surface area contributed by atoms with E-state index in [1.54, 1.807) is 18.3 Å². The number of nitrogens with zero attached hydrogens (tertiary/aromatic N) is 3. The number of ether oxygens (including phenoxy) is 1. The van der Waals surface area contributed by atoms with Crippen LogP contribution >= 0.6 is 23.2 Å². The Labute approximate surface area is 132 Å². The minimum Gasteiger partial charge on any atom is -0.394 e. The van der Waals surface area contributed by atoms with Gasteiger partial charge in [0.1, 0.15) is 5.82 Å². The van der Waals surface area contributed by atoms with Crippen molar-refractivity contribution in [1.29, 1.82) is 0 Å². The summed E-state index contributed by atoms with van der Waals surface area (Å²) in [6.45, 7) is 3.17. The van der Waals surface area contributed by atoms with Crippen molar-refractivity contribution in [1.82, 2.24) is 9.97 Å². The largest absolute Gasteiger partial charge is 0.394 e. The van der Waals surface area contributed by atoms with Gasteiger partial charge in [-0.25, -0.2) is 4.98 Å². The van der Waals surface area contributed by atoms with Crippen molar-refractivity contribution in [2.24, 2.45) is 0 Å². The van der Waals surface area contributed by atoms with E-state index >= 15 is 0 Å². The van der Waals surface area contributed by atoms with Gasteiger partial charge in [-0.1, -0.05) is 23.2 Å². The molecule has 0 amide bonds. The van der Waals surface area contributed by atoms with Crippen LogP contribution in [0.2, 0.25) is 10.0 Å². The van der Waals surface area contributed by atoms with Gasteiger partial charge in [0, 0.05) is 6.54 Å². The third-order valence-electron chi connectivity index (χ3n) is 3.58. The Balaban J connectivity index is 1.98. The molecule has 7 heteroatoms. The van der Waals surface area contributed by atoms with E-state index in [0.29, 0.717) is 34.2 Å². The number of aliphatic hydroxyl groups excluding tert-OH is 1. The number of morpholine rings is 1. The molecule has 5 nitrogen and oxygen atoms in total. The molecule has 0 spiro atoms. The topological polar surface area (TPSA) is 58.5 Å². The first-order valence-electron chi connectivity index (χ1n) is 6.69. The Kier molecular flexibility index (Phi) is 4.17. The molecule has 3 rings (SSSR count). The number of benzene rings is 1. The summed E-state index contributed by atoms with van der Waals surface area (Å²) in [5.74, 6) is 0.745. The van der Waals surface area contributed by atoms with Gasteiger partial charge in [-0.15, -0.1) is 0 Å². The van der Waals surface area contributed by atoms with E-state index in [-0.39, 0.29) is 18.8 Å². The predicted molar refractivity (Wildman–Crippen MR) is 83.2 cm³/mol.